The second kappa shape index (κ2) is 7.12. The Kier molecular flexibility index (Phi) is 5.20. The van der Waals surface area contributed by atoms with Crippen LogP contribution in [0.5, 0.6) is 5.75 Å². The molecule has 0 N–H and O–H groups in total. The highest BCUT2D eigenvalue weighted by atomic mass is 32.2. The molecular weight excluding hydrogens is 310 g/mol. The third kappa shape index (κ3) is 4.21. The highest BCUT2D eigenvalue weighted by Gasteiger charge is 2.20. The lowest BCUT2D eigenvalue weighted by atomic mass is 10.2. The van der Waals surface area contributed by atoms with Crippen molar-refractivity contribution < 1.29 is 13.2 Å². The molecule has 0 saturated carbocycles. The molecule has 2 aromatic carbocycles. The topological polar surface area (TPSA) is 67.2 Å². The summed E-state index contributed by atoms with van der Waals surface area (Å²) in [6.45, 7) is 3.81. The van der Waals surface area contributed by atoms with E-state index in [2.05, 4.69) is 0 Å². The first-order valence-electron chi connectivity index (χ1n) is 7.12. The van der Waals surface area contributed by atoms with Crippen molar-refractivity contribution in [2.24, 2.45) is 0 Å². The van der Waals surface area contributed by atoms with E-state index in [1.807, 2.05) is 13.8 Å². The molecule has 0 radical (unpaired) electrons. The van der Waals surface area contributed by atoms with Gasteiger partial charge in [-0.25, -0.2) is 8.42 Å². The molecule has 4 nitrogen and oxygen atoms in total. The maximum Gasteiger partial charge on any atom is 0.216 e. The fourth-order valence-electron chi connectivity index (χ4n) is 2.00. The largest absolute Gasteiger partial charge is 0.491 e. The predicted octanol–water partition coefficient (Wildman–Crippen LogP) is 3.81. The quantitative estimate of drug-likeness (QED) is 0.783. The van der Waals surface area contributed by atoms with E-state index in [9.17, 15) is 13.7 Å². The van der Waals surface area contributed by atoms with Crippen LogP contribution in [0.15, 0.2) is 64.4 Å². The summed E-state index contributed by atoms with van der Waals surface area (Å²) in [6.07, 6.45) is 1.37. The van der Waals surface area contributed by atoms with E-state index in [4.69, 9.17) is 4.74 Å². The average Bonchev–Trinajstić information content (AvgIpc) is 2.53. The Morgan fingerprint density at radius 2 is 1.83 bits per heavy atom. The van der Waals surface area contributed by atoms with Gasteiger partial charge < -0.3 is 4.74 Å². The first-order valence-corrected chi connectivity index (χ1v) is 8.60. The van der Waals surface area contributed by atoms with Crippen LogP contribution < -0.4 is 4.74 Å². The Hall–Kier alpha value is -2.58. The van der Waals surface area contributed by atoms with Crippen molar-refractivity contribution >= 4 is 15.9 Å². The molecule has 0 bridgehead atoms. The molecule has 0 unspecified atom stereocenters. The summed E-state index contributed by atoms with van der Waals surface area (Å²) < 4.78 is 30.6. The Bertz CT molecular complexity index is 847. The van der Waals surface area contributed by atoms with Crippen LogP contribution in [0.2, 0.25) is 0 Å². The van der Waals surface area contributed by atoms with Crippen molar-refractivity contribution in [3.8, 4) is 11.8 Å². The van der Waals surface area contributed by atoms with Crippen molar-refractivity contribution in [2.45, 2.75) is 24.8 Å². The molecular formula is C18H17NO3S. The summed E-state index contributed by atoms with van der Waals surface area (Å²) in [4.78, 5) is -0.201. The normalized spacial score (nSPS) is 12.0. The molecule has 0 aromatic heterocycles. The molecule has 0 heterocycles. The van der Waals surface area contributed by atoms with Crippen molar-refractivity contribution in [3.05, 3.63) is 65.1 Å². The minimum atomic E-state index is -3.83. The number of benzene rings is 2. The first-order chi connectivity index (χ1) is 10.9. The maximum absolute atomic E-state index is 12.5. The third-order valence-electron chi connectivity index (χ3n) is 2.98. The molecule has 0 fully saturated rings. The number of ether oxygens (including phenoxy) is 1. The third-order valence-corrected chi connectivity index (χ3v) is 4.66. The van der Waals surface area contributed by atoms with Crippen LogP contribution in [-0.2, 0) is 9.84 Å². The summed E-state index contributed by atoms with van der Waals surface area (Å²) in [5, 5.41) is 9.27. The Balaban J connectivity index is 2.42. The molecule has 0 aliphatic rings. The minimum absolute atomic E-state index is 0.0118. The molecule has 0 amide bonds. The molecule has 2 rings (SSSR count). The number of rotatable bonds is 5. The van der Waals surface area contributed by atoms with Crippen LogP contribution in [-0.4, -0.2) is 14.5 Å². The molecule has 0 aliphatic carbocycles. The number of hydrogen-bond donors (Lipinski definition) is 0. The Labute approximate surface area is 136 Å². The molecule has 0 aliphatic heterocycles. The number of nitrogens with zero attached hydrogens (tertiary/aromatic N) is 1. The molecule has 0 saturated heterocycles. The van der Waals surface area contributed by atoms with Gasteiger partial charge in [0.1, 0.15) is 16.7 Å². The summed E-state index contributed by atoms with van der Waals surface area (Å²) >= 11 is 0. The summed E-state index contributed by atoms with van der Waals surface area (Å²) in [7, 11) is -3.83. The molecule has 0 spiro atoms. The van der Waals surface area contributed by atoms with Gasteiger partial charge in [-0.05, 0) is 49.8 Å². The second-order valence-electron chi connectivity index (χ2n) is 5.18. The zero-order valence-corrected chi connectivity index (χ0v) is 13.7. The van der Waals surface area contributed by atoms with E-state index in [0.717, 1.165) is 0 Å². The van der Waals surface area contributed by atoms with Crippen molar-refractivity contribution in [1.29, 1.82) is 5.26 Å². The van der Waals surface area contributed by atoms with Crippen LogP contribution in [0.1, 0.15) is 19.4 Å². The SMILES string of the molecule is CC(C)Oc1cccc(/C=C(/C#N)S(=O)(=O)c2ccccc2)c1. The van der Waals surface area contributed by atoms with E-state index < -0.39 is 9.84 Å². The minimum Gasteiger partial charge on any atom is -0.491 e. The smallest absolute Gasteiger partial charge is 0.216 e. The molecule has 23 heavy (non-hydrogen) atoms. The van der Waals surface area contributed by atoms with Gasteiger partial charge in [0.15, 0.2) is 0 Å². The number of nitriles is 1. The van der Waals surface area contributed by atoms with E-state index >= 15 is 0 Å². The van der Waals surface area contributed by atoms with Gasteiger partial charge in [0, 0.05) is 0 Å². The van der Waals surface area contributed by atoms with E-state index in [1.54, 1.807) is 48.5 Å². The molecule has 5 heteroatoms. The lowest BCUT2D eigenvalue weighted by Gasteiger charge is -2.10. The van der Waals surface area contributed by atoms with Gasteiger partial charge in [0.25, 0.3) is 0 Å². The summed E-state index contributed by atoms with van der Waals surface area (Å²) in [5.41, 5.74) is 0.596. The van der Waals surface area contributed by atoms with Crippen molar-refractivity contribution in [1.82, 2.24) is 0 Å². The monoisotopic (exact) mass is 327 g/mol. The second-order valence-corrected chi connectivity index (χ2v) is 7.09. The molecule has 0 atom stereocenters. The highest BCUT2D eigenvalue weighted by Crippen LogP contribution is 2.23. The zero-order valence-electron chi connectivity index (χ0n) is 12.9. The Morgan fingerprint density at radius 3 is 2.43 bits per heavy atom. The van der Waals surface area contributed by atoms with Gasteiger partial charge in [-0.1, -0.05) is 30.3 Å². The number of sulfone groups is 1. The van der Waals surface area contributed by atoms with E-state index in [0.29, 0.717) is 11.3 Å². The summed E-state index contributed by atoms with van der Waals surface area (Å²) in [6, 6.07) is 16.7. The van der Waals surface area contributed by atoms with Crippen LogP contribution in [0.25, 0.3) is 6.08 Å². The maximum atomic E-state index is 12.5. The van der Waals surface area contributed by atoms with E-state index in [-0.39, 0.29) is 15.9 Å². The van der Waals surface area contributed by atoms with Crippen LogP contribution in [0.4, 0.5) is 0 Å². The van der Waals surface area contributed by atoms with Gasteiger partial charge in [-0.3, -0.25) is 0 Å². The highest BCUT2D eigenvalue weighted by molar-refractivity contribution is 7.95. The summed E-state index contributed by atoms with van der Waals surface area (Å²) in [5.74, 6) is 0.628. The zero-order chi connectivity index (χ0) is 16.9. The van der Waals surface area contributed by atoms with Crippen LogP contribution in [0.3, 0.4) is 0 Å². The number of hydrogen-bond acceptors (Lipinski definition) is 4. The molecule has 2 aromatic rings. The van der Waals surface area contributed by atoms with E-state index in [1.165, 1.54) is 18.2 Å². The van der Waals surface area contributed by atoms with Gasteiger partial charge in [0.2, 0.25) is 9.84 Å². The lowest BCUT2D eigenvalue weighted by Crippen LogP contribution is -2.05. The number of allylic oxidation sites excluding steroid dienone is 1. The van der Waals surface area contributed by atoms with Crippen LogP contribution in [0, 0.1) is 11.3 Å². The lowest BCUT2D eigenvalue weighted by molar-refractivity contribution is 0.242. The van der Waals surface area contributed by atoms with Gasteiger partial charge in [-0.2, -0.15) is 5.26 Å². The van der Waals surface area contributed by atoms with Crippen LogP contribution >= 0.6 is 0 Å². The Morgan fingerprint density at radius 1 is 1.13 bits per heavy atom. The standard InChI is InChI=1S/C18H17NO3S/c1-14(2)22-16-8-6-7-15(11-16)12-18(13-19)23(20,21)17-9-4-3-5-10-17/h3-12,14H,1-2H3/b18-12-. The molecule has 118 valence electrons. The van der Waals surface area contributed by atoms with Crippen molar-refractivity contribution in [3.63, 3.8) is 0 Å². The van der Waals surface area contributed by atoms with Gasteiger partial charge in [-0.15, -0.1) is 0 Å². The average molecular weight is 327 g/mol. The predicted molar refractivity (Wildman–Crippen MR) is 89.4 cm³/mol. The van der Waals surface area contributed by atoms with Gasteiger partial charge >= 0.3 is 0 Å². The van der Waals surface area contributed by atoms with Gasteiger partial charge in [0.05, 0.1) is 11.0 Å². The van der Waals surface area contributed by atoms with Crippen molar-refractivity contribution in [2.75, 3.05) is 0 Å². The first kappa shape index (κ1) is 16.8. The fourth-order valence-corrected chi connectivity index (χ4v) is 3.18. The fraction of sp³-hybridized carbons (Fsp3) is 0.167.